The molecule has 1 aliphatic rings. The summed E-state index contributed by atoms with van der Waals surface area (Å²) in [5.41, 5.74) is 0.830. The predicted molar refractivity (Wildman–Crippen MR) is 106 cm³/mol. The van der Waals surface area contributed by atoms with E-state index in [-0.39, 0.29) is 17.7 Å². The smallest absolute Gasteiger partial charge is 0.342 e. The van der Waals surface area contributed by atoms with Crippen LogP contribution in [0.3, 0.4) is 0 Å². The summed E-state index contributed by atoms with van der Waals surface area (Å²) in [5, 5.41) is 33.4. The molecule has 1 aromatic rings. The molecule has 0 fully saturated rings. The molecule has 0 radical (unpaired) electrons. The Balaban J connectivity index is 2.53. The van der Waals surface area contributed by atoms with Crippen molar-refractivity contribution < 1.29 is 34.0 Å². The second kappa shape index (κ2) is 9.67. The number of Topliss-reactive ketones (excluding diaryl/α,β-unsaturated/α-hetero) is 1. The first-order valence-electron chi connectivity index (χ1n) is 9.41. The molecule has 0 saturated heterocycles. The fourth-order valence-electron chi connectivity index (χ4n) is 2.87. The van der Waals surface area contributed by atoms with Gasteiger partial charge in [-0.3, -0.25) is 4.79 Å². The van der Waals surface area contributed by atoms with Crippen molar-refractivity contribution in [2.75, 3.05) is 11.9 Å². The molecule has 0 aromatic heterocycles. The van der Waals surface area contributed by atoms with Gasteiger partial charge in [0.25, 0.3) is 0 Å². The maximum Gasteiger partial charge on any atom is 0.342 e. The third-order valence-electron chi connectivity index (χ3n) is 4.72. The minimum absolute atomic E-state index is 0.0745. The zero-order valence-electron chi connectivity index (χ0n) is 16.6. The largest absolute Gasteiger partial charge is 0.507 e. The van der Waals surface area contributed by atoms with Crippen molar-refractivity contribution in [2.45, 2.75) is 45.5 Å². The lowest BCUT2D eigenvalue weighted by Gasteiger charge is -2.21. The highest BCUT2D eigenvalue weighted by Crippen LogP contribution is 2.30. The maximum atomic E-state index is 14.1. The summed E-state index contributed by atoms with van der Waals surface area (Å²) in [6.45, 7) is 5.52. The molecule has 2 rings (SSSR count). The van der Waals surface area contributed by atoms with Crippen molar-refractivity contribution in [2.24, 2.45) is 5.92 Å². The van der Waals surface area contributed by atoms with Gasteiger partial charge < -0.3 is 25.4 Å². The number of hydrogen-bond donors (Lipinski definition) is 4. The predicted octanol–water partition coefficient (Wildman–Crippen LogP) is 2.57. The molecule has 7 nitrogen and oxygen atoms in total. The first-order chi connectivity index (χ1) is 13.6. The Hall–Kier alpha value is -2.71. The van der Waals surface area contributed by atoms with Crippen LogP contribution in [0.2, 0.25) is 0 Å². The summed E-state index contributed by atoms with van der Waals surface area (Å²) in [6, 6.07) is 3.02. The number of fused-ring (bicyclic) bond motifs is 1. The molecule has 8 heteroatoms. The lowest BCUT2D eigenvalue weighted by atomic mass is 9.99. The van der Waals surface area contributed by atoms with E-state index in [1.165, 1.54) is 32.1 Å². The number of aliphatic hydroxyl groups excluding tert-OH is 2. The van der Waals surface area contributed by atoms with Crippen LogP contribution in [0.4, 0.5) is 10.1 Å². The Morgan fingerprint density at radius 2 is 1.93 bits per heavy atom. The number of cyclic esters (lactones) is 1. The number of carbonyl (C=O) groups excluding carboxylic acids is 2. The van der Waals surface area contributed by atoms with Gasteiger partial charge in [0.15, 0.2) is 5.83 Å². The van der Waals surface area contributed by atoms with Gasteiger partial charge in [0.05, 0.1) is 6.10 Å². The summed E-state index contributed by atoms with van der Waals surface area (Å²) in [7, 11) is 0. The Labute approximate surface area is 168 Å². The third kappa shape index (κ3) is 5.42. The summed E-state index contributed by atoms with van der Waals surface area (Å²) < 4.78 is 19.5. The summed E-state index contributed by atoms with van der Waals surface area (Å²) in [5.74, 6) is -4.25. The van der Waals surface area contributed by atoms with Crippen molar-refractivity contribution in [3.05, 3.63) is 41.2 Å². The molecule has 0 saturated carbocycles. The second-order valence-electron chi connectivity index (χ2n) is 6.99. The first-order valence-corrected chi connectivity index (χ1v) is 9.41. The number of halogens is 1. The van der Waals surface area contributed by atoms with Crippen molar-refractivity contribution in [3.63, 3.8) is 0 Å². The fraction of sp³-hybridized carbons (Fsp3) is 0.429. The highest BCUT2D eigenvalue weighted by Gasteiger charge is 2.29. The molecular weight excluding hydrogens is 381 g/mol. The van der Waals surface area contributed by atoms with E-state index < -0.39 is 41.8 Å². The Morgan fingerprint density at radius 3 is 2.59 bits per heavy atom. The van der Waals surface area contributed by atoms with Crippen LogP contribution in [0, 0.1) is 5.92 Å². The molecule has 0 bridgehead atoms. The number of aromatic hydroxyl groups is 1. The van der Waals surface area contributed by atoms with Crippen LogP contribution < -0.4 is 5.32 Å². The van der Waals surface area contributed by atoms with Crippen LogP contribution in [0.15, 0.2) is 30.1 Å². The number of phenols is 1. The Bertz CT molecular complexity index is 835. The molecule has 158 valence electrons. The Kier molecular flexibility index (Phi) is 7.53. The first kappa shape index (κ1) is 22.6. The van der Waals surface area contributed by atoms with E-state index in [4.69, 9.17) is 4.74 Å². The average Bonchev–Trinajstić information content (AvgIpc) is 2.65. The number of phenolic OH excluding ortho intramolecular Hbond substituents is 1. The molecule has 4 N–H and O–H groups in total. The monoisotopic (exact) mass is 407 g/mol. The summed E-state index contributed by atoms with van der Waals surface area (Å²) in [6.07, 6.45) is -0.638. The number of ether oxygens (including phenoxy) is 1. The van der Waals surface area contributed by atoms with Gasteiger partial charge in [-0.05, 0) is 38.0 Å². The molecule has 1 aromatic carbocycles. The maximum absolute atomic E-state index is 14.1. The molecule has 3 unspecified atom stereocenters. The molecule has 1 heterocycles. The van der Waals surface area contributed by atoms with Gasteiger partial charge in [-0.2, -0.15) is 0 Å². The van der Waals surface area contributed by atoms with Gasteiger partial charge in [-0.25, -0.2) is 9.18 Å². The second-order valence-corrected chi connectivity index (χ2v) is 6.99. The highest BCUT2D eigenvalue weighted by molar-refractivity contribution is 5.98. The normalized spacial score (nSPS) is 29.1. The van der Waals surface area contributed by atoms with Gasteiger partial charge in [0, 0.05) is 24.2 Å². The van der Waals surface area contributed by atoms with Crippen molar-refractivity contribution in [1.29, 1.82) is 0 Å². The third-order valence-corrected chi connectivity index (χ3v) is 4.72. The van der Waals surface area contributed by atoms with Crippen LogP contribution in [0.25, 0.3) is 6.08 Å². The number of benzene rings is 1. The van der Waals surface area contributed by atoms with Crippen LogP contribution in [0.1, 0.15) is 43.1 Å². The van der Waals surface area contributed by atoms with Gasteiger partial charge in [-0.1, -0.05) is 19.1 Å². The van der Waals surface area contributed by atoms with Gasteiger partial charge in [0.1, 0.15) is 23.5 Å². The number of carbonyl (C=O) groups is 2. The van der Waals surface area contributed by atoms with Gasteiger partial charge in [0.2, 0.25) is 5.78 Å². The Morgan fingerprint density at radius 1 is 1.24 bits per heavy atom. The SMILES string of the molecule is CCNc1cc(O)c2c(c1)/C=C/CC(O)C(O)C(=O)/C(F)=C\[C@@H](C)C(C)OC2=O. The number of esters is 1. The van der Waals surface area contributed by atoms with Crippen LogP contribution in [0.5, 0.6) is 5.75 Å². The summed E-state index contributed by atoms with van der Waals surface area (Å²) >= 11 is 0. The number of nitrogens with one attached hydrogen (secondary N) is 1. The standard InChI is InChI=1S/C21H26FNO6/c1-4-23-14-9-13-6-5-7-16(24)20(27)19(26)15(22)8-11(2)12(3)29-21(28)18(13)17(25)10-14/h5-6,8-12,16,20,23-25,27H,4,7H2,1-3H3/b6-5+,15-8+/t11-,12?,16?,20?/m1/s1. The number of hydrogen-bond acceptors (Lipinski definition) is 7. The van der Waals surface area contributed by atoms with Crippen LogP contribution in [-0.4, -0.2) is 51.9 Å². The quantitative estimate of drug-likeness (QED) is 0.557. The van der Waals surface area contributed by atoms with Gasteiger partial charge >= 0.3 is 5.97 Å². The van der Waals surface area contributed by atoms with Crippen molar-refractivity contribution in [3.8, 4) is 5.75 Å². The van der Waals surface area contributed by atoms with E-state index in [0.717, 1.165) is 6.08 Å². The minimum Gasteiger partial charge on any atom is -0.507 e. The summed E-state index contributed by atoms with van der Waals surface area (Å²) in [4.78, 5) is 24.7. The minimum atomic E-state index is -1.93. The van der Waals surface area contributed by atoms with E-state index >= 15 is 0 Å². The average molecular weight is 407 g/mol. The van der Waals surface area contributed by atoms with E-state index in [1.54, 1.807) is 6.07 Å². The molecular formula is C21H26FNO6. The number of ketones is 1. The number of rotatable bonds is 2. The van der Waals surface area contributed by atoms with Gasteiger partial charge in [-0.15, -0.1) is 0 Å². The molecule has 0 amide bonds. The van der Waals surface area contributed by atoms with E-state index in [0.29, 0.717) is 17.8 Å². The molecule has 29 heavy (non-hydrogen) atoms. The number of aliphatic hydroxyl groups is 2. The van der Waals surface area contributed by atoms with E-state index in [9.17, 15) is 29.3 Å². The molecule has 0 spiro atoms. The fourth-order valence-corrected chi connectivity index (χ4v) is 2.87. The van der Waals surface area contributed by atoms with Crippen molar-refractivity contribution in [1.82, 2.24) is 0 Å². The lowest BCUT2D eigenvalue weighted by molar-refractivity contribution is -0.130. The van der Waals surface area contributed by atoms with E-state index in [2.05, 4.69) is 5.32 Å². The topological polar surface area (TPSA) is 116 Å². The number of anilines is 1. The zero-order chi connectivity index (χ0) is 21.7. The molecule has 0 aliphatic carbocycles. The van der Waals surface area contributed by atoms with Crippen LogP contribution in [-0.2, 0) is 9.53 Å². The van der Waals surface area contributed by atoms with E-state index in [1.807, 2.05) is 6.92 Å². The zero-order valence-corrected chi connectivity index (χ0v) is 16.6. The van der Waals surface area contributed by atoms with Crippen LogP contribution >= 0.6 is 0 Å². The lowest BCUT2D eigenvalue weighted by Crippen LogP contribution is -2.34. The van der Waals surface area contributed by atoms with Crippen molar-refractivity contribution >= 4 is 23.5 Å². The molecule has 1 aliphatic heterocycles. The highest BCUT2D eigenvalue weighted by atomic mass is 19.1. The molecule has 4 atom stereocenters.